The van der Waals surface area contributed by atoms with Gasteiger partial charge in [-0.05, 0) is 31.2 Å². The molecule has 0 aliphatic carbocycles. The van der Waals surface area contributed by atoms with E-state index in [1.165, 1.54) is 6.20 Å². The molecule has 4 nitrogen and oxygen atoms in total. The first-order valence-electron chi connectivity index (χ1n) is 6.61. The van der Waals surface area contributed by atoms with E-state index in [0.717, 1.165) is 16.7 Å². The van der Waals surface area contributed by atoms with Gasteiger partial charge in [-0.2, -0.15) is 13.2 Å². The van der Waals surface area contributed by atoms with E-state index in [2.05, 4.69) is 9.97 Å². The highest BCUT2D eigenvalue weighted by molar-refractivity contribution is 6.32. The van der Waals surface area contributed by atoms with Gasteiger partial charge in [-0.3, -0.25) is 14.3 Å². The fraction of sp³-hybridized carbons (Fsp3) is 0.133. The van der Waals surface area contributed by atoms with Gasteiger partial charge in [0, 0.05) is 6.20 Å². The predicted octanol–water partition coefficient (Wildman–Crippen LogP) is 4.41. The van der Waals surface area contributed by atoms with Crippen LogP contribution in [0.5, 0.6) is 0 Å². The zero-order valence-electron chi connectivity index (χ0n) is 12.0. The second-order valence-electron chi connectivity index (χ2n) is 4.97. The molecule has 0 radical (unpaired) electrons. The number of hydrogen-bond donors (Lipinski definition) is 0. The first-order valence-corrected chi connectivity index (χ1v) is 7.36. The molecular formula is C15H8Cl2F3N3O. The highest BCUT2D eigenvalue weighted by atomic mass is 35.5. The summed E-state index contributed by atoms with van der Waals surface area (Å²) in [6.07, 6.45) is -3.16. The molecule has 0 atom stereocenters. The van der Waals surface area contributed by atoms with Gasteiger partial charge in [0.15, 0.2) is 5.15 Å². The van der Waals surface area contributed by atoms with Crippen LogP contribution in [0.3, 0.4) is 0 Å². The van der Waals surface area contributed by atoms with Crippen LogP contribution in [0.4, 0.5) is 13.2 Å². The number of benzene rings is 1. The van der Waals surface area contributed by atoms with Crippen LogP contribution in [-0.2, 0) is 6.18 Å². The number of rotatable bonds is 1. The lowest BCUT2D eigenvalue weighted by Gasteiger charge is -2.15. The number of halogens is 5. The van der Waals surface area contributed by atoms with E-state index in [-0.39, 0.29) is 16.2 Å². The van der Waals surface area contributed by atoms with Gasteiger partial charge in [0.05, 0.1) is 33.0 Å². The Morgan fingerprint density at radius 3 is 2.54 bits per heavy atom. The summed E-state index contributed by atoms with van der Waals surface area (Å²) in [4.78, 5) is 20.3. The molecule has 1 aromatic carbocycles. The van der Waals surface area contributed by atoms with Crippen LogP contribution in [0.25, 0.3) is 16.7 Å². The molecule has 2 heterocycles. The van der Waals surface area contributed by atoms with Gasteiger partial charge in [-0.15, -0.1) is 0 Å². The molecule has 0 amide bonds. The highest BCUT2D eigenvalue weighted by Crippen LogP contribution is 2.37. The number of hydrogen-bond acceptors (Lipinski definition) is 3. The largest absolute Gasteiger partial charge is 0.417 e. The quantitative estimate of drug-likeness (QED) is 0.634. The van der Waals surface area contributed by atoms with Crippen LogP contribution in [0.15, 0.2) is 35.3 Å². The number of nitrogens with zero attached hydrogens (tertiary/aromatic N) is 3. The van der Waals surface area contributed by atoms with Crippen LogP contribution in [0, 0.1) is 6.92 Å². The summed E-state index contributed by atoms with van der Waals surface area (Å²) in [5, 5.41) is -0.895. The van der Waals surface area contributed by atoms with Crippen molar-refractivity contribution < 1.29 is 13.2 Å². The van der Waals surface area contributed by atoms with Crippen LogP contribution in [0.2, 0.25) is 10.2 Å². The molecule has 9 heteroatoms. The average molecular weight is 374 g/mol. The minimum Gasteiger partial charge on any atom is -0.271 e. The van der Waals surface area contributed by atoms with Crippen LogP contribution in [-0.4, -0.2) is 14.5 Å². The predicted molar refractivity (Wildman–Crippen MR) is 84.9 cm³/mol. The topological polar surface area (TPSA) is 47.8 Å². The van der Waals surface area contributed by atoms with Crippen LogP contribution in [0.1, 0.15) is 11.3 Å². The average Bonchev–Trinajstić information content (AvgIpc) is 2.48. The smallest absolute Gasteiger partial charge is 0.271 e. The van der Waals surface area contributed by atoms with Crippen LogP contribution >= 0.6 is 23.2 Å². The standard InChI is InChI=1S/C15H8Cl2F3N3O/c1-7-11(3-2-4-21-7)23-12-5-8(15(18,19)20)9(16)6-10(12)22-13(17)14(23)24/h2-6H,1H3. The number of aryl methyl sites for hydroxylation is 1. The van der Waals surface area contributed by atoms with Crippen molar-refractivity contribution in [3.8, 4) is 5.69 Å². The Balaban J connectivity index is 2.50. The first-order chi connectivity index (χ1) is 11.2. The van der Waals surface area contributed by atoms with Crippen molar-refractivity contribution in [3.05, 3.63) is 62.2 Å². The van der Waals surface area contributed by atoms with E-state index in [0.29, 0.717) is 11.4 Å². The third-order valence-corrected chi connectivity index (χ3v) is 3.99. The van der Waals surface area contributed by atoms with Crippen molar-refractivity contribution in [1.29, 1.82) is 0 Å². The maximum Gasteiger partial charge on any atom is 0.417 e. The molecule has 3 aromatic rings. The molecule has 0 fully saturated rings. The third-order valence-electron chi connectivity index (χ3n) is 3.43. The number of aromatic nitrogens is 3. The molecule has 0 N–H and O–H groups in total. The summed E-state index contributed by atoms with van der Waals surface area (Å²) in [6, 6.07) is 4.94. The number of fused-ring (bicyclic) bond motifs is 1. The Morgan fingerprint density at radius 1 is 1.21 bits per heavy atom. The maximum absolute atomic E-state index is 13.1. The van der Waals surface area contributed by atoms with Crippen LogP contribution < -0.4 is 5.56 Å². The van der Waals surface area contributed by atoms with Gasteiger partial charge < -0.3 is 0 Å². The van der Waals surface area contributed by atoms with Crippen molar-refractivity contribution in [2.75, 3.05) is 0 Å². The molecule has 0 spiro atoms. The molecule has 0 aliphatic heterocycles. The van der Waals surface area contributed by atoms with Gasteiger partial charge in [0.1, 0.15) is 0 Å². The minimum absolute atomic E-state index is 0.0581. The number of pyridine rings is 1. The Bertz CT molecular complexity index is 1020. The Labute approximate surface area is 143 Å². The van der Waals surface area contributed by atoms with Gasteiger partial charge in [0.2, 0.25) is 0 Å². The summed E-state index contributed by atoms with van der Waals surface area (Å²) in [7, 11) is 0. The van der Waals surface area contributed by atoms with E-state index in [9.17, 15) is 18.0 Å². The monoisotopic (exact) mass is 373 g/mol. The molecular weight excluding hydrogens is 366 g/mol. The molecule has 24 heavy (non-hydrogen) atoms. The molecule has 0 unspecified atom stereocenters. The zero-order valence-corrected chi connectivity index (χ0v) is 13.5. The molecule has 0 saturated heterocycles. The summed E-state index contributed by atoms with van der Waals surface area (Å²) in [6.45, 7) is 1.63. The second kappa shape index (κ2) is 5.75. The highest BCUT2D eigenvalue weighted by Gasteiger charge is 2.34. The summed E-state index contributed by atoms with van der Waals surface area (Å²) < 4.78 is 40.5. The van der Waals surface area contributed by atoms with Crippen molar-refractivity contribution in [3.63, 3.8) is 0 Å². The molecule has 124 valence electrons. The molecule has 0 saturated carbocycles. The first kappa shape index (κ1) is 16.7. The Morgan fingerprint density at radius 2 is 1.92 bits per heavy atom. The minimum atomic E-state index is -4.67. The lowest BCUT2D eigenvalue weighted by atomic mass is 10.1. The van der Waals surface area contributed by atoms with E-state index in [4.69, 9.17) is 23.2 Å². The third kappa shape index (κ3) is 2.74. The van der Waals surface area contributed by atoms with E-state index < -0.39 is 22.3 Å². The lowest BCUT2D eigenvalue weighted by Crippen LogP contribution is -2.22. The second-order valence-corrected chi connectivity index (χ2v) is 5.73. The van der Waals surface area contributed by atoms with Crippen molar-refractivity contribution >= 4 is 34.2 Å². The van der Waals surface area contributed by atoms with Gasteiger partial charge >= 0.3 is 6.18 Å². The SMILES string of the molecule is Cc1ncccc1-n1c(=O)c(Cl)nc2cc(Cl)c(C(F)(F)F)cc21. The van der Waals surface area contributed by atoms with Crippen molar-refractivity contribution in [1.82, 2.24) is 14.5 Å². The van der Waals surface area contributed by atoms with Gasteiger partial charge in [0.25, 0.3) is 5.56 Å². The van der Waals surface area contributed by atoms with Crippen molar-refractivity contribution in [2.45, 2.75) is 13.1 Å². The molecule has 2 aromatic heterocycles. The lowest BCUT2D eigenvalue weighted by molar-refractivity contribution is -0.137. The fourth-order valence-corrected chi connectivity index (χ4v) is 2.78. The molecule has 0 aliphatic rings. The molecule has 0 bridgehead atoms. The van der Waals surface area contributed by atoms with Gasteiger partial charge in [-0.1, -0.05) is 23.2 Å². The number of alkyl halides is 3. The molecule has 3 rings (SSSR count). The van der Waals surface area contributed by atoms with Crippen molar-refractivity contribution in [2.24, 2.45) is 0 Å². The Hall–Kier alpha value is -2.12. The normalized spacial score (nSPS) is 11.9. The van der Waals surface area contributed by atoms with E-state index >= 15 is 0 Å². The Kier molecular flexibility index (Phi) is 4.01. The van der Waals surface area contributed by atoms with Gasteiger partial charge in [-0.25, -0.2) is 4.98 Å². The maximum atomic E-state index is 13.1. The fourth-order valence-electron chi connectivity index (χ4n) is 2.34. The summed E-state index contributed by atoms with van der Waals surface area (Å²) in [5.41, 5.74) is -1.02. The zero-order chi connectivity index (χ0) is 17.6. The van der Waals surface area contributed by atoms with E-state index in [1.807, 2.05) is 0 Å². The van der Waals surface area contributed by atoms with E-state index in [1.54, 1.807) is 19.1 Å². The summed E-state index contributed by atoms with van der Waals surface area (Å²) in [5.74, 6) is 0. The summed E-state index contributed by atoms with van der Waals surface area (Å²) >= 11 is 11.6.